The van der Waals surface area contributed by atoms with Gasteiger partial charge in [-0.15, -0.1) is 33.9 Å². The fourth-order valence-electron chi connectivity index (χ4n) is 3.88. The molecule has 0 N–H and O–H groups in total. The third-order valence-electron chi connectivity index (χ3n) is 5.36. The Morgan fingerprint density at radius 3 is 2.31 bits per heavy atom. The Morgan fingerprint density at radius 2 is 1.62 bits per heavy atom. The lowest BCUT2D eigenvalue weighted by atomic mass is 9.88. The van der Waals surface area contributed by atoms with Gasteiger partial charge in [-0.05, 0) is 73.6 Å². The molecule has 4 heterocycles. The maximum atomic E-state index is 4.68. The predicted octanol–water partition coefficient (Wildman–Crippen LogP) is 5.28. The minimum atomic E-state index is 0. The molecule has 7 heteroatoms. The van der Waals surface area contributed by atoms with Crippen molar-refractivity contribution in [1.82, 2.24) is 25.0 Å². The number of aryl methyl sites for hydroxylation is 2. The molecule has 0 saturated carbocycles. The number of halogens is 1. The summed E-state index contributed by atoms with van der Waals surface area (Å²) in [5.41, 5.74) is 7.92. The standard InChI is InChI=1S/C22H21N5S.ClH/c1-14-7-8-17(23-13-14)19-9-10-20(28-19)22-16-6-4-3-5-15(16)21(25-26-22)18-11-12-24-27(18)2;/h7-13H,3-6H2,1-2H3;1H. The zero-order valence-electron chi connectivity index (χ0n) is 16.4. The van der Waals surface area contributed by atoms with Gasteiger partial charge in [0.05, 0.1) is 21.1 Å². The summed E-state index contributed by atoms with van der Waals surface area (Å²) in [6.45, 7) is 2.06. The number of pyridine rings is 1. The van der Waals surface area contributed by atoms with Crippen molar-refractivity contribution < 1.29 is 0 Å². The van der Waals surface area contributed by atoms with E-state index in [0.29, 0.717) is 0 Å². The molecule has 5 nitrogen and oxygen atoms in total. The van der Waals surface area contributed by atoms with E-state index < -0.39 is 0 Å². The summed E-state index contributed by atoms with van der Waals surface area (Å²) in [5.74, 6) is 0. The Bertz CT molecular complexity index is 1150. The average molecular weight is 424 g/mol. The lowest BCUT2D eigenvalue weighted by Crippen LogP contribution is -2.11. The highest BCUT2D eigenvalue weighted by Crippen LogP contribution is 2.39. The van der Waals surface area contributed by atoms with Crippen LogP contribution in [0.1, 0.15) is 29.5 Å². The molecule has 0 bridgehead atoms. The molecule has 1 aliphatic rings. The number of rotatable bonds is 3. The molecule has 4 aromatic heterocycles. The van der Waals surface area contributed by atoms with Crippen molar-refractivity contribution in [3.8, 4) is 32.5 Å². The first-order valence-corrected chi connectivity index (χ1v) is 10.4. The van der Waals surface area contributed by atoms with Gasteiger partial charge in [-0.25, -0.2) is 0 Å². The monoisotopic (exact) mass is 423 g/mol. The summed E-state index contributed by atoms with van der Waals surface area (Å²) in [6.07, 6.45) is 8.25. The van der Waals surface area contributed by atoms with Crippen LogP contribution in [0.3, 0.4) is 0 Å². The third-order valence-corrected chi connectivity index (χ3v) is 6.47. The Hall–Kier alpha value is -2.57. The van der Waals surface area contributed by atoms with Gasteiger partial charge < -0.3 is 0 Å². The number of thiophene rings is 1. The minimum Gasteiger partial charge on any atom is -0.266 e. The molecule has 0 aliphatic heterocycles. The van der Waals surface area contributed by atoms with E-state index in [9.17, 15) is 0 Å². The highest BCUT2D eigenvalue weighted by molar-refractivity contribution is 7.18. The summed E-state index contributed by atoms with van der Waals surface area (Å²) < 4.78 is 1.88. The molecule has 1 aliphatic carbocycles. The molecule has 0 spiro atoms. The van der Waals surface area contributed by atoms with Gasteiger partial charge in [0.25, 0.3) is 0 Å². The van der Waals surface area contributed by atoms with Crippen molar-refractivity contribution in [2.75, 3.05) is 0 Å². The first-order valence-electron chi connectivity index (χ1n) is 9.61. The molecular formula is C22H22ClN5S. The first-order chi connectivity index (χ1) is 13.7. The second-order valence-corrected chi connectivity index (χ2v) is 8.37. The van der Waals surface area contributed by atoms with Crippen LogP contribution in [0.2, 0.25) is 0 Å². The molecule has 5 rings (SSSR count). The molecule has 0 amide bonds. The van der Waals surface area contributed by atoms with Crippen LogP contribution < -0.4 is 0 Å². The summed E-state index contributed by atoms with van der Waals surface area (Å²) in [5, 5.41) is 13.6. The fraction of sp³-hybridized carbons (Fsp3) is 0.273. The van der Waals surface area contributed by atoms with E-state index in [0.717, 1.165) is 40.5 Å². The van der Waals surface area contributed by atoms with E-state index in [4.69, 9.17) is 0 Å². The van der Waals surface area contributed by atoms with Crippen molar-refractivity contribution in [3.05, 3.63) is 59.4 Å². The third kappa shape index (κ3) is 3.58. The molecule has 0 saturated heterocycles. The van der Waals surface area contributed by atoms with Crippen molar-refractivity contribution in [2.45, 2.75) is 32.6 Å². The van der Waals surface area contributed by atoms with E-state index >= 15 is 0 Å². The topological polar surface area (TPSA) is 56.5 Å². The predicted molar refractivity (Wildman–Crippen MR) is 119 cm³/mol. The number of hydrogen-bond acceptors (Lipinski definition) is 5. The highest BCUT2D eigenvalue weighted by atomic mass is 35.5. The van der Waals surface area contributed by atoms with E-state index in [1.807, 2.05) is 30.2 Å². The van der Waals surface area contributed by atoms with Crippen LogP contribution in [-0.2, 0) is 19.9 Å². The van der Waals surface area contributed by atoms with E-state index in [1.54, 1.807) is 11.3 Å². The number of hydrogen-bond donors (Lipinski definition) is 0. The first kappa shape index (κ1) is 19.7. The second-order valence-electron chi connectivity index (χ2n) is 7.29. The van der Waals surface area contributed by atoms with Gasteiger partial charge >= 0.3 is 0 Å². The maximum Gasteiger partial charge on any atom is 0.114 e. The largest absolute Gasteiger partial charge is 0.266 e. The van der Waals surface area contributed by atoms with Crippen molar-refractivity contribution in [3.63, 3.8) is 0 Å². The molecule has 0 radical (unpaired) electrons. The summed E-state index contributed by atoms with van der Waals surface area (Å²) in [4.78, 5) is 6.90. The molecule has 29 heavy (non-hydrogen) atoms. The van der Waals surface area contributed by atoms with Crippen molar-refractivity contribution in [1.29, 1.82) is 0 Å². The van der Waals surface area contributed by atoms with Gasteiger partial charge in [-0.2, -0.15) is 5.10 Å². The van der Waals surface area contributed by atoms with Crippen LogP contribution in [0.25, 0.3) is 32.5 Å². The highest BCUT2D eigenvalue weighted by Gasteiger charge is 2.23. The molecule has 148 valence electrons. The molecule has 0 fully saturated rings. The summed E-state index contributed by atoms with van der Waals surface area (Å²) in [6, 6.07) is 10.5. The smallest absolute Gasteiger partial charge is 0.114 e. The van der Waals surface area contributed by atoms with Gasteiger partial charge in [0.1, 0.15) is 11.4 Å². The number of fused-ring (bicyclic) bond motifs is 1. The van der Waals surface area contributed by atoms with Gasteiger partial charge in [-0.1, -0.05) is 6.07 Å². The Morgan fingerprint density at radius 1 is 0.897 bits per heavy atom. The Kier molecular flexibility index (Phi) is 5.48. The fourth-order valence-corrected chi connectivity index (χ4v) is 4.87. The second kappa shape index (κ2) is 8.05. The zero-order chi connectivity index (χ0) is 19.1. The zero-order valence-corrected chi connectivity index (χ0v) is 18.1. The van der Waals surface area contributed by atoms with Gasteiger partial charge in [0.15, 0.2) is 0 Å². The van der Waals surface area contributed by atoms with E-state index in [-0.39, 0.29) is 12.4 Å². The van der Waals surface area contributed by atoms with Crippen LogP contribution >= 0.6 is 23.7 Å². The maximum absolute atomic E-state index is 4.68. The lowest BCUT2D eigenvalue weighted by Gasteiger charge is -2.20. The molecule has 0 unspecified atom stereocenters. The number of nitrogens with zero attached hydrogens (tertiary/aromatic N) is 5. The minimum absolute atomic E-state index is 0. The van der Waals surface area contributed by atoms with Crippen molar-refractivity contribution >= 4 is 23.7 Å². The molecule has 4 aromatic rings. The normalized spacial score (nSPS) is 13.0. The molecule has 0 atom stereocenters. The van der Waals surface area contributed by atoms with Gasteiger partial charge in [-0.3, -0.25) is 9.67 Å². The van der Waals surface area contributed by atoms with Gasteiger partial charge in [0.2, 0.25) is 0 Å². The van der Waals surface area contributed by atoms with E-state index in [2.05, 4.69) is 51.5 Å². The van der Waals surface area contributed by atoms with Crippen LogP contribution in [0.5, 0.6) is 0 Å². The van der Waals surface area contributed by atoms with Crippen molar-refractivity contribution in [2.24, 2.45) is 7.05 Å². The van der Waals surface area contributed by atoms with Crippen LogP contribution in [0, 0.1) is 6.92 Å². The Balaban J connectivity index is 0.00000205. The van der Waals surface area contributed by atoms with Crippen LogP contribution in [0.4, 0.5) is 0 Å². The van der Waals surface area contributed by atoms with E-state index in [1.165, 1.54) is 34.4 Å². The lowest BCUT2D eigenvalue weighted by molar-refractivity contribution is 0.675. The van der Waals surface area contributed by atoms with Crippen LogP contribution in [0.15, 0.2) is 42.7 Å². The summed E-state index contributed by atoms with van der Waals surface area (Å²) >= 11 is 1.74. The SMILES string of the molecule is Cc1ccc(-c2ccc(-c3nnc(-c4ccnn4C)c4c3CCCC4)s2)nc1.Cl. The molecular weight excluding hydrogens is 402 g/mol. The van der Waals surface area contributed by atoms with Gasteiger partial charge in [0, 0.05) is 19.4 Å². The number of aromatic nitrogens is 5. The quantitative estimate of drug-likeness (QED) is 0.450. The van der Waals surface area contributed by atoms with Crippen LogP contribution in [-0.4, -0.2) is 25.0 Å². The average Bonchev–Trinajstić information content (AvgIpc) is 3.37. The Labute approximate surface area is 180 Å². The summed E-state index contributed by atoms with van der Waals surface area (Å²) in [7, 11) is 1.96. The molecule has 0 aromatic carbocycles.